The number of rotatable bonds is 44. The van der Waals surface area contributed by atoms with Gasteiger partial charge in [0.05, 0.1) is 0 Å². The van der Waals surface area contributed by atoms with Crippen molar-refractivity contribution >= 4 is 57.4 Å². The van der Waals surface area contributed by atoms with E-state index in [1.807, 2.05) is 24.3 Å². The van der Waals surface area contributed by atoms with Crippen molar-refractivity contribution in [3.63, 3.8) is 0 Å². The molecule has 70 heavy (non-hydrogen) atoms. The normalized spacial score (nSPS) is 12.5. The van der Waals surface area contributed by atoms with E-state index in [1.54, 1.807) is 0 Å². The predicted molar refractivity (Wildman–Crippen MR) is 283 cm³/mol. The first kappa shape index (κ1) is 57.8. The van der Waals surface area contributed by atoms with Crippen molar-refractivity contribution in [2.24, 2.45) is 0 Å². The number of unbranched alkanes of at least 4 members (excludes halogenated alkanes) is 28. The molecule has 2 aliphatic rings. The van der Waals surface area contributed by atoms with Gasteiger partial charge in [0.2, 0.25) is 23.0 Å². The zero-order chi connectivity index (χ0) is 50.0. The minimum Gasteiger partial charge on any atom is -0.375 e. The summed E-state index contributed by atoms with van der Waals surface area (Å²) in [5.74, 6) is 0.0310. The van der Waals surface area contributed by atoms with Crippen LogP contribution in [-0.2, 0) is 38.5 Å². The second-order valence-electron chi connectivity index (χ2n) is 19.8. The second kappa shape index (κ2) is 35.4. The van der Waals surface area contributed by atoms with E-state index in [4.69, 9.17) is 19.4 Å². The van der Waals surface area contributed by atoms with Crippen LogP contribution in [0.25, 0.3) is 33.8 Å². The van der Waals surface area contributed by atoms with Crippen LogP contribution in [0.15, 0.2) is 24.3 Å². The van der Waals surface area contributed by atoms with Gasteiger partial charge in [-0.05, 0) is 49.9 Å². The first-order valence-electron chi connectivity index (χ1n) is 28.3. The Hall–Kier alpha value is -4.74. The molecule has 2 aromatic carbocycles. The van der Waals surface area contributed by atoms with Crippen LogP contribution in [0.1, 0.15) is 281 Å². The number of benzene rings is 2. The number of nitrogens with one attached hydrogen (secondary N) is 4. The molecule has 0 unspecified atom stereocenters. The average molecular weight is 973 g/mol. The molecule has 0 spiro atoms. The molecule has 4 amide bonds. The van der Waals surface area contributed by atoms with Crippen molar-refractivity contribution in [2.75, 3.05) is 0 Å². The molecule has 0 aliphatic heterocycles. The van der Waals surface area contributed by atoms with Crippen LogP contribution >= 0.6 is 0 Å². The van der Waals surface area contributed by atoms with Gasteiger partial charge in [0.25, 0.3) is 23.6 Å². The summed E-state index contributed by atoms with van der Waals surface area (Å²) in [6.45, 7) is 8.87. The summed E-state index contributed by atoms with van der Waals surface area (Å²) in [4.78, 5) is 77.3. The molecule has 12 nitrogen and oxygen atoms in total. The molecule has 2 aromatic rings. The summed E-state index contributed by atoms with van der Waals surface area (Å²) in [6.07, 6.45) is 37.1. The molecule has 0 atom stereocenters. The van der Waals surface area contributed by atoms with Gasteiger partial charge in [-0.1, -0.05) is 207 Å². The minimum atomic E-state index is -0.246. The number of hydroxylamine groups is 4. The molecule has 0 saturated carbocycles. The van der Waals surface area contributed by atoms with E-state index in [-0.39, 0.29) is 46.7 Å². The highest BCUT2D eigenvalue weighted by Crippen LogP contribution is 2.51. The smallest absolute Gasteiger partial charge is 0.252 e. The zero-order valence-corrected chi connectivity index (χ0v) is 44.0. The summed E-state index contributed by atoms with van der Waals surface area (Å²) in [5, 5.41) is 1.45. The molecule has 4 rings (SSSR count). The monoisotopic (exact) mass is 973 g/mol. The number of carbonyl (C=O) groups is 4. The van der Waals surface area contributed by atoms with Crippen LogP contribution < -0.4 is 21.9 Å². The van der Waals surface area contributed by atoms with E-state index in [2.05, 4.69) is 49.6 Å². The molecule has 2 aliphatic carbocycles. The van der Waals surface area contributed by atoms with E-state index >= 15 is 0 Å². The van der Waals surface area contributed by atoms with Crippen LogP contribution in [-0.4, -0.2) is 23.6 Å². The van der Waals surface area contributed by atoms with Crippen LogP contribution in [0.4, 0.5) is 0 Å². The standard InChI is InChI=1S/C58H92N4O8/c1-5-9-13-17-21-25-29-33-37-49(63)59-67-55-45-41-42-47-54-48(44-43-46(53(45)54)56(55)68-60-50(64)38-34-30-26-22-18-14-10-6-2)58(70-62-52(66)40-36-32-28-24-20-16-12-8-4)57(47)69-61-51(65)39-35-31-27-23-19-15-11-7-3/h41-44H,5-40H2,1-4H3,(H,59,63)(H,60,64)(H,61,65)(H,62,66). The Labute approximate surface area is 421 Å². The third-order valence-corrected chi connectivity index (χ3v) is 13.6. The number of hydrogen-bond acceptors (Lipinski definition) is 8. The molecule has 392 valence electrons. The number of amides is 4. The lowest BCUT2D eigenvalue weighted by atomic mass is 9.98. The Bertz CT molecular complexity index is 1680. The first-order valence-corrected chi connectivity index (χ1v) is 28.3. The summed E-state index contributed by atoms with van der Waals surface area (Å²) in [7, 11) is 0. The molecular formula is C58H92N4O8. The second-order valence-corrected chi connectivity index (χ2v) is 19.8. The van der Waals surface area contributed by atoms with E-state index in [1.165, 1.54) is 128 Å². The Balaban J connectivity index is 1.50. The maximum Gasteiger partial charge on any atom is 0.252 e. The van der Waals surface area contributed by atoms with Gasteiger partial charge in [0.1, 0.15) is 0 Å². The van der Waals surface area contributed by atoms with Gasteiger partial charge in [-0.15, -0.1) is 0 Å². The van der Waals surface area contributed by atoms with E-state index < -0.39 is 0 Å². The Morgan fingerprint density at radius 2 is 0.457 bits per heavy atom. The predicted octanol–water partition coefficient (Wildman–Crippen LogP) is 15.4. The number of carbonyl (C=O) groups excluding carboxylic acids is 4. The van der Waals surface area contributed by atoms with Gasteiger partial charge < -0.3 is 19.4 Å². The number of hydrogen-bond donors (Lipinski definition) is 4. The third kappa shape index (κ3) is 20.5. The quantitative estimate of drug-likeness (QED) is 0.0378. The Morgan fingerprint density at radius 1 is 0.286 bits per heavy atom. The van der Waals surface area contributed by atoms with E-state index in [0.717, 1.165) is 87.8 Å². The van der Waals surface area contributed by atoms with Gasteiger partial charge in [-0.2, -0.15) is 21.9 Å². The van der Waals surface area contributed by atoms with E-state index in [0.29, 0.717) is 47.9 Å². The zero-order valence-electron chi connectivity index (χ0n) is 44.0. The lowest BCUT2D eigenvalue weighted by Gasteiger charge is -2.14. The Morgan fingerprint density at radius 3 is 0.643 bits per heavy atom. The van der Waals surface area contributed by atoms with Crippen molar-refractivity contribution < 1.29 is 38.5 Å². The van der Waals surface area contributed by atoms with Crippen LogP contribution in [0, 0.1) is 0 Å². The van der Waals surface area contributed by atoms with Gasteiger partial charge in [-0.25, -0.2) is 0 Å². The fourth-order valence-electron chi connectivity index (χ4n) is 9.46. The lowest BCUT2D eigenvalue weighted by molar-refractivity contribution is -0.130. The van der Waals surface area contributed by atoms with Crippen LogP contribution in [0.5, 0.6) is 0 Å². The summed E-state index contributed by atoms with van der Waals surface area (Å²) >= 11 is 0. The highest BCUT2D eigenvalue weighted by atomic mass is 16.7. The highest BCUT2D eigenvalue weighted by molar-refractivity contribution is 6.20. The largest absolute Gasteiger partial charge is 0.375 e. The SMILES string of the molecule is CCCCCCCCCCC(=O)NOC1=C(ONC(=O)CCCCCCCCCC)c2ccc3c4c(ccc1c24)C(ONC(=O)CCCCCCCCCC)=C3ONC(=O)CCCCCCCCCC. The molecule has 0 fully saturated rings. The Kier molecular flexibility index (Phi) is 29.2. The van der Waals surface area contributed by atoms with E-state index in [9.17, 15) is 19.2 Å². The maximum atomic E-state index is 13.2. The fraction of sp³-hybridized carbons (Fsp3) is 0.690. The third-order valence-electron chi connectivity index (χ3n) is 13.6. The maximum absolute atomic E-state index is 13.2. The fourth-order valence-corrected chi connectivity index (χ4v) is 9.46. The van der Waals surface area contributed by atoms with Crippen molar-refractivity contribution in [1.82, 2.24) is 21.9 Å². The molecular weight excluding hydrogens is 881 g/mol. The molecule has 0 bridgehead atoms. The molecule has 0 heterocycles. The molecule has 0 radical (unpaired) electrons. The molecule has 0 aromatic heterocycles. The highest BCUT2D eigenvalue weighted by Gasteiger charge is 2.37. The van der Waals surface area contributed by atoms with Crippen molar-refractivity contribution in [1.29, 1.82) is 0 Å². The van der Waals surface area contributed by atoms with Crippen molar-refractivity contribution in [2.45, 2.75) is 259 Å². The van der Waals surface area contributed by atoms with Gasteiger partial charge >= 0.3 is 0 Å². The van der Waals surface area contributed by atoms with Crippen molar-refractivity contribution in [3.05, 3.63) is 46.5 Å². The average Bonchev–Trinajstić information content (AvgIpc) is 3.84. The first-order chi connectivity index (χ1) is 34.3. The molecule has 0 saturated heterocycles. The lowest BCUT2D eigenvalue weighted by Crippen LogP contribution is -2.25. The topological polar surface area (TPSA) is 153 Å². The summed E-state index contributed by atoms with van der Waals surface area (Å²) < 4.78 is 0. The van der Waals surface area contributed by atoms with Crippen LogP contribution in [0.2, 0.25) is 0 Å². The van der Waals surface area contributed by atoms with Gasteiger partial charge in [0, 0.05) is 58.7 Å². The minimum absolute atomic E-state index is 0.246. The molecule has 12 heteroatoms. The van der Waals surface area contributed by atoms with Gasteiger partial charge in [0.15, 0.2) is 0 Å². The van der Waals surface area contributed by atoms with Crippen LogP contribution in [0.3, 0.4) is 0 Å². The summed E-state index contributed by atoms with van der Waals surface area (Å²) in [6, 6.07) is 7.39. The van der Waals surface area contributed by atoms with Crippen molar-refractivity contribution in [3.8, 4) is 0 Å². The van der Waals surface area contributed by atoms with Gasteiger partial charge in [-0.3, -0.25) is 19.2 Å². The summed E-state index contributed by atoms with van der Waals surface area (Å²) in [5.41, 5.74) is 13.2. The molecule has 4 N–H and O–H groups in total.